The molecule has 0 bridgehead atoms. The molecule has 2 saturated carbocycles. The molecule has 356 valence electrons. The van der Waals surface area contributed by atoms with Gasteiger partial charge in [-0.2, -0.15) is 0 Å². The molecule has 3 heterocycles. The molecule has 2 fully saturated rings. The van der Waals surface area contributed by atoms with Crippen LogP contribution >= 0.6 is 0 Å². The van der Waals surface area contributed by atoms with Crippen molar-refractivity contribution in [1.82, 2.24) is 14.5 Å². The van der Waals surface area contributed by atoms with E-state index in [2.05, 4.69) is 172 Å². The van der Waals surface area contributed by atoms with Crippen molar-refractivity contribution in [2.45, 2.75) is 162 Å². The number of pyridine rings is 1. The van der Waals surface area contributed by atoms with E-state index in [0.29, 0.717) is 11.3 Å². The maximum atomic E-state index is 12.5. The first-order valence-electron chi connectivity index (χ1n) is 25.2. The van der Waals surface area contributed by atoms with Gasteiger partial charge in [-0.15, -0.1) is 12.1 Å². The van der Waals surface area contributed by atoms with E-state index in [0.717, 1.165) is 83.6 Å². The second kappa shape index (κ2) is 17.8. The van der Waals surface area contributed by atoms with Gasteiger partial charge in [0.05, 0.1) is 33.5 Å². The van der Waals surface area contributed by atoms with Crippen LogP contribution in [0.2, 0.25) is 0 Å². The molecule has 3 aromatic heterocycles. The zero-order valence-electron chi connectivity index (χ0n) is 42.3. The summed E-state index contributed by atoms with van der Waals surface area (Å²) in [7, 11) is 0. The van der Waals surface area contributed by atoms with E-state index in [4.69, 9.17) is 14.4 Å². The number of rotatable bonds is 6. The van der Waals surface area contributed by atoms with Gasteiger partial charge in [-0.05, 0) is 141 Å². The number of imidazole rings is 1. The number of hydrogen-bond acceptors (Lipinski definition) is 4. The average Bonchev–Trinajstić information content (AvgIpc) is 3.87. The van der Waals surface area contributed by atoms with Gasteiger partial charge in [0.2, 0.25) is 0 Å². The molecule has 5 nitrogen and oxygen atoms in total. The Hall–Kier alpha value is -4.99. The molecular formula is C62H70N3O2Pt-. The minimum absolute atomic E-state index is 0. The van der Waals surface area contributed by atoms with Crippen LogP contribution in [-0.4, -0.2) is 19.6 Å². The summed E-state index contributed by atoms with van der Waals surface area (Å²) < 4.78 is 8.96. The summed E-state index contributed by atoms with van der Waals surface area (Å²) in [5.74, 6) is 1.83. The van der Waals surface area contributed by atoms with E-state index in [1.165, 1.54) is 74.5 Å². The van der Waals surface area contributed by atoms with Gasteiger partial charge in [0, 0.05) is 38.5 Å². The van der Waals surface area contributed by atoms with Crippen LogP contribution < -0.4 is 0 Å². The summed E-state index contributed by atoms with van der Waals surface area (Å²) in [4.78, 5) is 10.5. The largest absolute Gasteiger partial charge is 0.507 e. The Morgan fingerprint density at radius 3 is 2.06 bits per heavy atom. The second-order valence-corrected chi connectivity index (χ2v) is 23.8. The van der Waals surface area contributed by atoms with Crippen LogP contribution in [0, 0.1) is 11.5 Å². The van der Waals surface area contributed by atoms with Crippen LogP contribution in [0.25, 0.3) is 72.4 Å². The van der Waals surface area contributed by atoms with Crippen molar-refractivity contribution in [1.29, 1.82) is 0 Å². The minimum Gasteiger partial charge on any atom is -0.507 e. The number of aromatic nitrogens is 3. The molecule has 0 saturated heterocycles. The smallest absolute Gasteiger partial charge is 0.148 e. The Morgan fingerprint density at radius 1 is 0.706 bits per heavy atom. The van der Waals surface area contributed by atoms with Crippen LogP contribution in [0.1, 0.15) is 174 Å². The van der Waals surface area contributed by atoms with Gasteiger partial charge >= 0.3 is 0 Å². The average molecular weight is 1080 g/mol. The van der Waals surface area contributed by atoms with E-state index in [9.17, 15) is 5.11 Å². The number of phenols is 1. The fourth-order valence-corrected chi connectivity index (χ4v) is 11.5. The van der Waals surface area contributed by atoms with Crippen molar-refractivity contribution in [3.63, 3.8) is 0 Å². The predicted molar refractivity (Wildman–Crippen MR) is 280 cm³/mol. The standard InChI is InChI=1S/C62H70N3O2.Pt/c1-38(2)46-33-41(40-25-30-62(31-26-40)28-13-12-14-29-62)17-21-51(46)65-52-22-24-54-55(56(52)64-58(65)48-36-45(60(6,7)8)37-49(57(48)66)61(9,10)11)47-34-43(18-23-53(47)67-54)50-35-42(27-32-63-50)39-15-19-44(20-16-39)59(3,4)5;/h15-24,27,32-33,35-38,40,66H,12-14,25-26,28-31H2,1-11H3;/q-1;. The van der Waals surface area contributed by atoms with E-state index in [-0.39, 0.29) is 49.0 Å². The number of aromatic hydroxyl groups is 1. The number of phenolic OH excluding ortho intramolecular Hbond substituents is 1. The van der Waals surface area contributed by atoms with Gasteiger partial charge in [0.1, 0.15) is 11.6 Å². The van der Waals surface area contributed by atoms with Gasteiger partial charge in [-0.3, -0.25) is 9.55 Å². The topological polar surface area (TPSA) is 64.1 Å². The van der Waals surface area contributed by atoms with Crippen LogP contribution in [0.4, 0.5) is 0 Å². The third-order valence-corrected chi connectivity index (χ3v) is 15.7. The Kier molecular flexibility index (Phi) is 12.5. The van der Waals surface area contributed by atoms with E-state index < -0.39 is 0 Å². The molecule has 2 aliphatic rings. The Morgan fingerprint density at radius 2 is 1.40 bits per heavy atom. The zero-order chi connectivity index (χ0) is 47.2. The van der Waals surface area contributed by atoms with Crippen molar-refractivity contribution < 1.29 is 30.6 Å². The molecular weight excluding hydrogens is 1010 g/mol. The van der Waals surface area contributed by atoms with Gasteiger partial charge in [0.25, 0.3) is 0 Å². The fourth-order valence-electron chi connectivity index (χ4n) is 11.5. The van der Waals surface area contributed by atoms with E-state index in [1.807, 2.05) is 12.3 Å². The summed E-state index contributed by atoms with van der Waals surface area (Å²) in [5.41, 5.74) is 15.5. The van der Waals surface area contributed by atoms with Crippen molar-refractivity contribution in [2.24, 2.45) is 5.41 Å². The summed E-state index contributed by atoms with van der Waals surface area (Å²) in [6, 6.07) is 36.9. The van der Waals surface area contributed by atoms with Crippen molar-refractivity contribution in [3.8, 4) is 45.2 Å². The van der Waals surface area contributed by atoms with Gasteiger partial charge in [-0.1, -0.05) is 161 Å². The molecule has 10 rings (SSSR count). The molecule has 1 N–H and O–H groups in total. The Balaban J connectivity index is 0.00000578. The zero-order valence-corrected chi connectivity index (χ0v) is 44.5. The summed E-state index contributed by atoms with van der Waals surface area (Å²) in [6.45, 7) is 24.7. The predicted octanol–water partition coefficient (Wildman–Crippen LogP) is 17.4. The van der Waals surface area contributed by atoms with Crippen molar-refractivity contribution in [2.75, 3.05) is 0 Å². The van der Waals surface area contributed by atoms with E-state index >= 15 is 0 Å². The number of furan rings is 1. The van der Waals surface area contributed by atoms with Crippen molar-refractivity contribution >= 4 is 33.0 Å². The second-order valence-electron chi connectivity index (χ2n) is 23.8. The first kappa shape index (κ1) is 48.0. The normalized spacial score (nSPS) is 16.1. The molecule has 0 aliphatic heterocycles. The first-order valence-corrected chi connectivity index (χ1v) is 25.2. The third kappa shape index (κ3) is 8.80. The number of nitrogens with zero attached hydrogens (tertiary/aromatic N) is 3. The quantitative estimate of drug-likeness (QED) is 0.169. The molecule has 68 heavy (non-hydrogen) atoms. The SMILES string of the molecule is CC(C)c1cc(C2CCC3(CCCCC3)CC2)ccc1-n1c(-c2cc(C(C)(C)C)cc(C(C)(C)C)c2O)nc2c3c(ccc21)oc1ccc(-c2cc(-c4ccc(C(C)(C)C)cc4)ccn2)[c-]c13.[Pt]. The van der Waals surface area contributed by atoms with Crippen LogP contribution in [0.5, 0.6) is 5.75 Å². The van der Waals surface area contributed by atoms with Gasteiger partial charge < -0.3 is 9.52 Å². The van der Waals surface area contributed by atoms with Crippen molar-refractivity contribution in [3.05, 3.63) is 131 Å². The summed E-state index contributed by atoms with van der Waals surface area (Å²) >= 11 is 0. The maximum absolute atomic E-state index is 12.5. The summed E-state index contributed by atoms with van der Waals surface area (Å²) in [5, 5.41) is 14.3. The van der Waals surface area contributed by atoms with Gasteiger partial charge in [-0.25, -0.2) is 4.98 Å². The first-order chi connectivity index (χ1) is 31.8. The molecule has 8 aromatic rings. The third-order valence-electron chi connectivity index (χ3n) is 15.7. The molecule has 2 aliphatic carbocycles. The van der Waals surface area contributed by atoms with Crippen LogP contribution in [0.15, 0.2) is 102 Å². The molecule has 0 amide bonds. The molecule has 0 radical (unpaired) electrons. The number of hydrogen-bond donors (Lipinski definition) is 1. The number of benzene rings is 5. The molecule has 1 spiro atoms. The summed E-state index contributed by atoms with van der Waals surface area (Å²) in [6.07, 6.45) is 14.2. The Bertz CT molecular complexity index is 3150. The monoisotopic (exact) mass is 1080 g/mol. The maximum Gasteiger partial charge on any atom is 0.148 e. The molecule has 6 heteroatoms. The Labute approximate surface area is 419 Å². The molecule has 0 atom stereocenters. The number of fused-ring (bicyclic) bond motifs is 5. The molecule has 5 aromatic carbocycles. The van der Waals surface area contributed by atoms with E-state index in [1.54, 1.807) is 0 Å². The van der Waals surface area contributed by atoms with Crippen LogP contribution in [0.3, 0.4) is 0 Å². The fraction of sp³-hybridized carbons (Fsp3) is 0.419. The molecule has 0 unspecified atom stereocenters. The van der Waals surface area contributed by atoms with Gasteiger partial charge in [0.15, 0.2) is 0 Å². The van der Waals surface area contributed by atoms with Crippen LogP contribution in [-0.2, 0) is 37.3 Å². The minimum atomic E-state index is -0.307.